The largest absolute Gasteiger partial charge is 0.370 e. The van der Waals surface area contributed by atoms with Crippen LogP contribution in [0.3, 0.4) is 0 Å². The first-order valence-electron chi connectivity index (χ1n) is 10.0. The summed E-state index contributed by atoms with van der Waals surface area (Å²) in [7, 11) is -3.81. The molecule has 31 heavy (non-hydrogen) atoms. The number of hydrogen-bond acceptors (Lipinski definition) is 5. The molecule has 1 aliphatic carbocycles. The van der Waals surface area contributed by atoms with Crippen LogP contribution in [0.2, 0.25) is 10.0 Å². The maximum Gasteiger partial charge on any atom is 0.251 e. The van der Waals surface area contributed by atoms with E-state index >= 15 is 0 Å². The first-order valence-corrected chi connectivity index (χ1v) is 12.4. The molecule has 0 unspecified atom stereocenters. The Morgan fingerprint density at radius 1 is 1.23 bits per heavy atom. The Hall–Kier alpha value is -1.65. The van der Waals surface area contributed by atoms with E-state index < -0.39 is 21.7 Å². The standard InChI is InChI=1S/C19H22Cl2F2N4O3S/c20-13-15-16(26-12(25-15)4-3-11(24)28)18(31(29,30)9-10-1-2-10)14(21)17(13)27-7-5-19(22,23)6-8-27/h10H,1-9H2,(H2,24,28)(H,25,26). The summed E-state index contributed by atoms with van der Waals surface area (Å²) in [5.74, 6) is -2.96. The van der Waals surface area contributed by atoms with Gasteiger partial charge in [-0.1, -0.05) is 23.2 Å². The van der Waals surface area contributed by atoms with Gasteiger partial charge in [-0.2, -0.15) is 0 Å². The van der Waals surface area contributed by atoms with Gasteiger partial charge in [0.05, 0.1) is 27.0 Å². The van der Waals surface area contributed by atoms with Crippen LogP contribution in [0.25, 0.3) is 11.0 Å². The van der Waals surface area contributed by atoms with Crippen LogP contribution in [0.15, 0.2) is 4.90 Å². The molecule has 170 valence electrons. The maximum atomic E-state index is 13.7. The van der Waals surface area contributed by atoms with E-state index in [0.29, 0.717) is 5.82 Å². The van der Waals surface area contributed by atoms with Crippen LogP contribution in [-0.4, -0.2) is 49.1 Å². The fourth-order valence-corrected chi connectivity index (χ4v) is 6.82. The van der Waals surface area contributed by atoms with E-state index in [1.807, 2.05) is 0 Å². The zero-order valence-electron chi connectivity index (χ0n) is 16.6. The summed E-state index contributed by atoms with van der Waals surface area (Å²) in [5, 5.41) is 0.0183. The van der Waals surface area contributed by atoms with Crippen molar-refractivity contribution in [2.75, 3.05) is 23.7 Å². The number of nitrogens with two attached hydrogens (primary N) is 1. The summed E-state index contributed by atoms with van der Waals surface area (Å²) in [6.45, 7) is -0.0224. The number of alkyl halides is 2. The highest BCUT2D eigenvalue weighted by Crippen LogP contribution is 2.47. The molecular formula is C19H22Cl2F2N4O3S. The van der Waals surface area contributed by atoms with Gasteiger partial charge in [0.1, 0.15) is 16.2 Å². The number of aromatic nitrogens is 2. The molecule has 1 saturated heterocycles. The molecule has 1 aliphatic heterocycles. The molecule has 0 bridgehead atoms. The Bertz CT molecular complexity index is 1140. The number of sulfone groups is 1. The average molecular weight is 495 g/mol. The van der Waals surface area contributed by atoms with Gasteiger partial charge in [0.15, 0.2) is 9.84 Å². The lowest BCUT2D eigenvalue weighted by atomic mass is 10.1. The molecule has 2 heterocycles. The molecule has 0 radical (unpaired) electrons. The minimum Gasteiger partial charge on any atom is -0.370 e. The second-order valence-electron chi connectivity index (χ2n) is 8.25. The molecule has 0 spiro atoms. The molecule has 1 aromatic heterocycles. The van der Waals surface area contributed by atoms with Crippen LogP contribution in [0.5, 0.6) is 0 Å². The highest BCUT2D eigenvalue weighted by Gasteiger charge is 2.38. The molecule has 1 aromatic carbocycles. The maximum absolute atomic E-state index is 13.7. The van der Waals surface area contributed by atoms with Gasteiger partial charge in [-0.25, -0.2) is 22.2 Å². The van der Waals surface area contributed by atoms with Crippen molar-refractivity contribution in [1.82, 2.24) is 9.97 Å². The molecule has 0 atom stereocenters. The number of carbonyl (C=O) groups is 1. The number of nitrogens with one attached hydrogen (secondary N) is 1. The van der Waals surface area contributed by atoms with E-state index in [0.717, 1.165) is 12.8 Å². The number of piperidine rings is 1. The van der Waals surface area contributed by atoms with E-state index in [-0.39, 0.29) is 82.1 Å². The van der Waals surface area contributed by atoms with Gasteiger partial charge in [-0.3, -0.25) is 4.79 Å². The number of rotatable bonds is 7. The molecule has 3 N–H and O–H groups in total. The predicted octanol–water partition coefficient (Wildman–Crippen LogP) is 3.71. The zero-order chi connectivity index (χ0) is 22.6. The van der Waals surface area contributed by atoms with E-state index in [4.69, 9.17) is 28.9 Å². The van der Waals surface area contributed by atoms with Crippen molar-refractivity contribution in [3.63, 3.8) is 0 Å². The number of amides is 1. The number of aryl methyl sites for hydroxylation is 1. The Morgan fingerprint density at radius 3 is 2.45 bits per heavy atom. The van der Waals surface area contributed by atoms with Crippen LogP contribution in [0.4, 0.5) is 14.5 Å². The molecule has 2 fully saturated rings. The summed E-state index contributed by atoms with van der Waals surface area (Å²) in [5.41, 5.74) is 5.77. The minimum atomic E-state index is -3.81. The lowest BCUT2D eigenvalue weighted by Crippen LogP contribution is -2.39. The number of nitrogens with zero attached hydrogens (tertiary/aromatic N) is 2. The molecular weight excluding hydrogens is 473 g/mol. The summed E-state index contributed by atoms with van der Waals surface area (Å²) < 4.78 is 53.9. The quantitative estimate of drug-likeness (QED) is 0.609. The molecule has 1 amide bonds. The van der Waals surface area contributed by atoms with E-state index in [9.17, 15) is 22.0 Å². The monoisotopic (exact) mass is 494 g/mol. The summed E-state index contributed by atoms with van der Waals surface area (Å²) in [6.07, 6.45) is 1.08. The van der Waals surface area contributed by atoms with Crippen LogP contribution in [0.1, 0.15) is 37.9 Å². The van der Waals surface area contributed by atoms with Crippen molar-refractivity contribution >= 4 is 55.7 Å². The second kappa shape index (κ2) is 8.04. The number of benzene rings is 1. The van der Waals surface area contributed by atoms with Gasteiger partial charge in [0.2, 0.25) is 5.91 Å². The topological polar surface area (TPSA) is 109 Å². The average Bonchev–Trinajstić information content (AvgIpc) is 3.36. The number of carbonyl (C=O) groups excluding carboxylic acids is 1. The van der Waals surface area contributed by atoms with Crippen LogP contribution in [-0.2, 0) is 21.1 Å². The van der Waals surface area contributed by atoms with Crippen LogP contribution >= 0.6 is 23.2 Å². The number of anilines is 1. The molecule has 7 nitrogen and oxygen atoms in total. The normalized spacial score (nSPS) is 19.2. The van der Waals surface area contributed by atoms with Crippen LogP contribution < -0.4 is 10.6 Å². The summed E-state index contributed by atoms with van der Waals surface area (Å²) in [6, 6.07) is 0. The fraction of sp³-hybridized carbons (Fsp3) is 0.579. The van der Waals surface area contributed by atoms with Gasteiger partial charge in [-0.05, 0) is 18.8 Å². The predicted molar refractivity (Wildman–Crippen MR) is 115 cm³/mol. The zero-order valence-corrected chi connectivity index (χ0v) is 18.9. The first kappa shape index (κ1) is 22.5. The smallest absolute Gasteiger partial charge is 0.251 e. The molecule has 12 heteroatoms. The highest BCUT2D eigenvalue weighted by molar-refractivity contribution is 7.91. The van der Waals surface area contributed by atoms with Crippen LogP contribution in [0, 0.1) is 5.92 Å². The molecule has 4 rings (SSSR count). The lowest BCUT2D eigenvalue weighted by Gasteiger charge is -2.34. The molecule has 2 aromatic rings. The van der Waals surface area contributed by atoms with Crippen molar-refractivity contribution in [2.45, 2.75) is 49.3 Å². The fourth-order valence-electron chi connectivity index (χ4n) is 3.83. The first-order chi connectivity index (χ1) is 14.5. The number of H-pyrrole nitrogens is 1. The minimum absolute atomic E-state index is 0.0112. The van der Waals surface area contributed by atoms with Crippen molar-refractivity contribution in [2.24, 2.45) is 11.7 Å². The van der Waals surface area contributed by atoms with Crippen molar-refractivity contribution < 1.29 is 22.0 Å². The Balaban J connectivity index is 1.86. The number of fused-ring (bicyclic) bond motifs is 1. The van der Waals surface area contributed by atoms with Crippen molar-refractivity contribution in [3.05, 3.63) is 15.9 Å². The SMILES string of the molecule is NC(=O)CCc1nc2c(S(=O)(=O)CC3CC3)c(Cl)c(N3CCC(F)(F)CC3)c(Cl)c2[nH]1. The van der Waals surface area contributed by atoms with E-state index in [1.165, 1.54) is 0 Å². The molecule has 1 saturated carbocycles. The Kier molecular flexibility index (Phi) is 5.85. The van der Waals surface area contributed by atoms with Gasteiger partial charge in [-0.15, -0.1) is 0 Å². The lowest BCUT2D eigenvalue weighted by molar-refractivity contribution is -0.118. The van der Waals surface area contributed by atoms with Gasteiger partial charge in [0, 0.05) is 38.8 Å². The number of halogens is 4. The third kappa shape index (κ3) is 4.61. The van der Waals surface area contributed by atoms with E-state index in [2.05, 4.69) is 9.97 Å². The third-order valence-electron chi connectivity index (χ3n) is 5.69. The van der Waals surface area contributed by atoms with Gasteiger partial charge < -0.3 is 15.6 Å². The number of aromatic amines is 1. The van der Waals surface area contributed by atoms with Gasteiger partial charge >= 0.3 is 0 Å². The van der Waals surface area contributed by atoms with E-state index in [1.54, 1.807) is 4.90 Å². The Morgan fingerprint density at radius 2 is 1.87 bits per heavy atom. The summed E-state index contributed by atoms with van der Waals surface area (Å²) >= 11 is 13.2. The highest BCUT2D eigenvalue weighted by atomic mass is 35.5. The third-order valence-corrected chi connectivity index (χ3v) is 8.46. The number of hydrogen-bond donors (Lipinski definition) is 2. The number of imidazole rings is 1. The van der Waals surface area contributed by atoms with Crippen molar-refractivity contribution in [3.8, 4) is 0 Å². The van der Waals surface area contributed by atoms with Crippen molar-refractivity contribution in [1.29, 1.82) is 0 Å². The second-order valence-corrected chi connectivity index (χ2v) is 11.0. The summed E-state index contributed by atoms with van der Waals surface area (Å²) in [4.78, 5) is 19.9. The Labute approximate surface area is 188 Å². The molecule has 2 aliphatic rings. The van der Waals surface area contributed by atoms with Gasteiger partial charge in [0.25, 0.3) is 5.92 Å². The number of primary amides is 1.